The molecule has 1 unspecified atom stereocenters. The fourth-order valence-electron chi connectivity index (χ4n) is 2.63. The van der Waals surface area contributed by atoms with Crippen molar-refractivity contribution in [3.05, 3.63) is 26.9 Å². The molecule has 102 valence electrons. The molecule has 0 saturated heterocycles. The van der Waals surface area contributed by atoms with Crippen LogP contribution < -0.4 is 5.32 Å². The summed E-state index contributed by atoms with van der Waals surface area (Å²) in [7, 11) is 0. The van der Waals surface area contributed by atoms with Crippen molar-refractivity contribution in [2.45, 2.75) is 45.6 Å². The van der Waals surface area contributed by atoms with Gasteiger partial charge in [0.2, 0.25) is 0 Å². The Kier molecular flexibility index (Phi) is 4.01. The lowest BCUT2D eigenvalue weighted by molar-refractivity contribution is 0.454. The predicted octanol–water partition coefficient (Wildman–Crippen LogP) is 4.56. The largest absolute Gasteiger partial charge is 0.309 e. The number of thiophene rings is 1. The lowest BCUT2D eigenvalue weighted by Crippen LogP contribution is -2.25. The summed E-state index contributed by atoms with van der Waals surface area (Å²) in [6, 6.07) is 0.479. The zero-order valence-corrected chi connectivity index (χ0v) is 13.2. The molecule has 2 aromatic rings. The van der Waals surface area contributed by atoms with Crippen LogP contribution in [0.5, 0.6) is 0 Å². The highest BCUT2D eigenvalue weighted by atomic mass is 32.1. The molecule has 2 aromatic heterocycles. The van der Waals surface area contributed by atoms with Crippen molar-refractivity contribution in [1.82, 2.24) is 10.3 Å². The maximum atomic E-state index is 4.95. The van der Waals surface area contributed by atoms with Crippen LogP contribution in [0.4, 0.5) is 0 Å². The molecule has 0 radical (unpaired) electrons. The number of nitrogens with one attached hydrogen (secondary N) is 1. The Morgan fingerprint density at radius 2 is 2.32 bits per heavy atom. The van der Waals surface area contributed by atoms with Crippen molar-refractivity contribution < 1.29 is 0 Å². The van der Waals surface area contributed by atoms with Gasteiger partial charge < -0.3 is 5.32 Å². The second-order valence-corrected chi connectivity index (χ2v) is 7.02. The normalized spacial score (nSPS) is 18.5. The summed E-state index contributed by atoms with van der Waals surface area (Å²) in [4.78, 5) is 6.45. The number of nitrogens with zero attached hydrogens (tertiary/aromatic N) is 1. The lowest BCUT2D eigenvalue weighted by atomic mass is 9.97. The van der Waals surface area contributed by atoms with E-state index in [1.54, 1.807) is 11.3 Å². The summed E-state index contributed by atoms with van der Waals surface area (Å²) in [5.41, 5.74) is 4.01. The van der Waals surface area contributed by atoms with Gasteiger partial charge in [-0.25, -0.2) is 4.98 Å². The summed E-state index contributed by atoms with van der Waals surface area (Å²) in [6.07, 6.45) is 4.92. The molecule has 1 atom stereocenters. The van der Waals surface area contributed by atoms with Gasteiger partial charge in [0.15, 0.2) is 0 Å². The first kappa shape index (κ1) is 13.3. The summed E-state index contributed by atoms with van der Waals surface area (Å²) < 4.78 is 0. The van der Waals surface area contributed by atoms with Crippen molar-refractivity contribution in [2.75, 3.05) is 6.54 Å². The van der Waals surface area contributed by atoms with E-state index >= 15 is 0 Å². The molecule has 0 aliphatic heterocycles. The molecule has 0 amide bonds. The predicted molar refractivity (Wildman–Crippen MR) is 84.1 cm³/mol. The molecular formula is C15H20N2S2. The van der Waals surface area contributed by atoms with Crippen LogP contribution in [0.25, 0.3) is 10.6 Å². The van der Waals surface area contributed by atoms with Gasteiger partial charge in [0.25, 0.3) is 0 Å². The van der Waals surface area contributed by atoms with Gasteiger partial charge >= 0.3 is 0 Å². The van der Waals surface area contributed by atoms with E-state index in [0.29, 0.717) is 6.04 Å². The Balaban J connectivity index is 1.91. The van der Waals surface area contributed by atoms with Crippen molar-refractivity contribution in [3.8, 4) is 10.6 Å². The van der Waals surface area contributed by atoms with Gasteiger partial charge in [-0.15, -0.1) is 11.3 Å². The molecule has 1 aliphatic rings. The topological polar surface area (TPSA) is 24.9 Å². The number of aryl methyl sites for hydroxylation is 2. The fraction of sp³-hybridized carbons (Fsp3) is 0.533. The van der Waals surface area contributed by atoms with Gasteiger partial charge in [0.05, 0.1) is 11.7 Å². The third-order valence-electron chi connectivity index (χ3n) is 3.68. The second kappa shape index (κ2) is 5.73. The molecule has 3 rings (SSSR count). The molecule has 2 nitrogen and oxygen atoms in total. The number of fused-ring (bicyclic) bond motifs is 1. The van der Waals surface area contributed by atoms with Gasteiger partial charge in [-0.1, -0.05) is 6.92 Å². The minimum atomic E-state index is 0.479. The molecule has 1 aliphatic carbocycles. The van der Waals surface area contributed by atoms with E-state index in [2.05, 4.69) is 29.9 Å². The van der Waals surface area contributed by atoms with Crippen molar-refractivity contribution >= 4 is 22.7 Å². The smallest absolute Gasteiger partial charge is 0.125 e. The van der Waals surface area contributed by atoms with Crippen LogP contribution in [0.15, 0.2) is 10.8 Å². The highest BCUT2D eigenvalue weighted by Crippen LogP contribution is 2.38. The van der Waals surface area contributed by atoms with Crippen molar-refractivity contribution in [3.63, 3.8) is 0 Å². The van der Waals surface area contributed by atoms with Gasteiger partial charge in [0, 0.05) is 15.8 Å². The molecule has 19 heavy (non-hydrogen) atoms. The maximum Gasteiger partial charge on any atom is 0.125 e. The van der Waals surface area contributed by atoms with Crippen LogP contribution in [0, 0.1) is 6.92 Å². The Labute approximate surface area is 122 Å². The number of rotatable bonds is 4. The number of aromatic nitrogens is 1. The monoisotopic (exact) mass is 292 g/mol. The average molecular weight is 292 g/mol. The van der Waals surface area contributed by atoms with Gasteiger partial charge in [0.1, 0.15) is 5.01 Å². The third-order valence-corrected chi connectivity index (χ3v) is 5.71. The highest BCUT2D eigenvalue weighted by molar-refractivity contribution is 7.15. The van der Waals surface area contributed by atoms with Crippen LogP contribution in [0.1, 0.15) is 48.4 Å². The zero-order chi connectivity index (χ0) is 13.2. The summed E-state index contributed by atoms with van der Waals surface area (Å²) in [5, 5.41) is 9.31. The number of hydrogen-bond donors (Lipinski definition) is 1. The second-order valence-electron chi connectivity index (χ2n) is 5.19. The first-order valence-corrected chi connectivity index (χ1v) is 8.81. The third kappa shape index (κ3) is 2.62. The van der Waals surface area contributed by atoms with Crippen LogP contribution >= 0.6 is 22.7 Å². The van der Waals surface area contributed by atoms with Crippen LogP contribution in [0.3, 0.4) is 0 Å². The Hall–Kier alpha value is -0.710. The van der Waals surface area contributed by atoms with E-state index in [9.17, 15) is 0 Å². The molecule has 2 heterocycles. The first-order chi connectivity index (χ1) is 9.29. The van der Waals surface area contributed by atoms with E-state index in [-0.39, 0.29) is 0 Å². The lowest BCUT2D eigenvalue weighted by Gasteiger charge is -2.22. The SMILES string of the molecule is CCCNC1CCCc2sc(-c3cscc3C)nc21. The summed E-state index contributed by atoms with van der Waals surface area (Å²) >= 11 is 3.67. The average Bonchev–Trinajstić information content (AvgIpc) is 3.01. The number of hydrogen-bond acceptors (Lipinski definition) is 4. The molecule has 0 bridgehead atoms. The minimum absolute atomic E-state index is 0.479. The zero-order valence-electron chi connectivity index (χ0n) is 11.5. The van der Waals surface area contributed by atoms with Crippen LogP contribution in [-0.4, -0.2) is 11.5 Å². The standard InChI is InChI=1S/C15H20N2S2/c1-3-7-16-12-5-4-6-13-14(12)17-15(19-13)11-9-18-8-10(11)2/h8-9,12,16H,3-7H2,1-2H3. The summed E-state index contributed by atoms with van der Waals surface area (Å²) in [6.45, 7) is 5.49. The molecule has 0 spiro atoms. The molecule has 0 aromatic carbocycles. The van der Waals surface area contributed by atoms with Crippen molar-refractivity contribution in [1.29, 1.82) is 0 Å². The van der Waals surface area contributed by atoms with Gasteiger partial charge in [-0.3, -0.25) is 0 Å². The van der Waals surface area contributed by atoms with Crippen molar-refractivity contribution in [2.24, 2.45) is 0 Å². The fourth-order valence-corrected chi connectivity index (χ4v) is 4.78. The molecule has 1 N–H and O–H groups in total. The van der Waals surface area contributed by atoms with E-state index in [1.165, 1.54) is 52.4 Å². The molecular weight excluding hydrogens is 272 g/mol. The summed E-state index contributed by atoms with van der Waals surface area (Å²) in [5.74, 6) is 0. The Morgan fingerprint density at radius 3 is 3.05 bits per heavy atom. The van der Waals surface area contributed by atoms with E-state index in [1.807, 2.05) is 11.3 Å². The van der Waals surface area contributed by atoms with Gasteiger partial charge in [-0.05, 0) is 50.1 Å². The first-order valence-electron chi connectivity index (χ1n) is 7.05. The quantitative estimate of drug-likeness (QED) is 0.893. The molecule has 0 fully saturated rings. The molecule has 0 saturated carbocycles. The minimum Gasteiger partial charge on any atom is -0.309 e. The Morgan fingerprint density at radius 1 is 1.42 bits per heavy atom. The maximum absolute atomic E-state index is 4.95. The highest BCUT2D eigenvalue weighted by Gasteiger charge is 2.24. The van der Waals surface area contributed by atoms with Crippen LogP contribution in [0.2, 0.25) is 0 Å². The number of thiazole rings is 1. The van der Waals surface area contributed by atoms with Crippen LogP contribution in [-0.2, 0) is 6.42 Å². The van der Waals surface area contributed by atoms with E-state index in [4.69, 9.17) is 4.98 Å². The van der Waals surface area contributed by atoms with Gasteiger partial charge in [-0.2, -0.15) is 11.3 Å². The van der Waals surface area contributed by atoms with E-state index in [0.717, 1.165) is 6.54 Å². The van der Waals surface area contributed by atoms with E-state index < -0.39 is 0 Å². The molecule has 4 heteroatoms. The Bertz CT molecular complexity index is 556.